The Morgan fingerprint density at radius 1 is 0.969 bits per heavy atom. The van der Waals surface area contributed by atoms with Crippen molar-refractivity contribution in [3.8, 4) is 17.0 Å². The fourth-order valence-electron chi connectivity index (χ4n) is 4.34. The van der Waals surface area contributed by atoms with Crippen molar-refractivity contribution in [3.05, 3.63) is 61.1 Å². The van der Waals surface area contributed by atoms with Crippen LogP contribution in [0.3, 0.4) is 0 Å². The molecule has 162 valence electrons. The zero-order valence-electron chi connectivity index (χ0n) is 18.0. The van der Waals surface area contributed by atoms with Crippen molar-refractivity contribution in [3.63, 3.8) is 0 Å². The quantitative estimate of drug-likeness (QED) is 0.463. The number of hydrogen-bond donors (Lipinski definition) is 1. The second kappa shape index (κ2) is 7.38. The van der Waals surface area contributed by atoms with Crippen LogP contribution in [-0.2, 0) is 7.05 Å². The number of likely N-dealkylation sites (tertiary alicyclic amines) is 1. The summed E-state index contributed by atoms with van der Waals surface area (Å²) in [4.78, 5) is 2.29. The third kappa shape index (κ3) is 3.36. The highest BCUT2D eigenvalue weighted by molar-refractivity contribution is 5.73. The molecule has 1 fully saturated rings. The Kier molecular flexibility index (Phi) is 4.36. The molecule has 6 heterocycles. The van der Waals surface area contributed by atoms with E-state index in [9.17, 15) is 0 Å². The van der Waals surface area contributed by atoms with Crippen LogP contribution in [0, 0.1) is 0 Å². The number of aryl methyl sites for hydroxylation is 1. The number of hydrogen-bond acceptors (Lipinski definition) is 6. The van der Waals surface area contributed by atoms with Crippen LogP contribution in [0.1, 0.15) is 6.42 Å². The van der Waals surface area contributed by atoms with Gasteiger partial charge in [0.2, 0.25) is 0 Å². The molecule has 5 aromatic heterocycles. The molecule has 0 aliphatic carbocycles. The lowest BCUT2D eigenvalue weighted by atomic mass is 10.1. The first kappa shape index (κ1) is 18.9. The fraction of sp³-hybridized carbons (Fsp3) is 0.261. The average molecular weight is 429 g/mol. The Morgan fingerprint density at radius 3 is 2.56 bits per heavy atom. The highest BCUT2D eigenvalue weighted by Crippen LogP contribution is 2.32. The van der Waals surface area contributed by atoms with Gasteiger partial charge in [-0.3, -0.25) is 4.68 Å². The molecule has 5 aromatic rings. The molecule has 0 spiro atoms. The van der Waals surface area contributed by atoms with Crippen molar-refractivity contribution in [1.29, 1.82) is 0 Å². The smallest absolute Gasteiger partial charge is 0.165 e. The van der Waals surface area contributed by atoms with Crippen molar-refractivity contribution in [1.82, 2.24) is 33.9 Å². The summed E-state index contributed by atoms with van der Waals surface area (Å²) in [7, 11) is 4.07. The largest absolute Gasteiger partial charge is 0.485 e. The normalized spacial score (nSPS) is 16.9. The van der Waals surface area contributed by atoms with Gasteiger partial charge in [0.25, 0.3) is 0 Å². The summed E-state index contributed by atoms with van der Waals surface area (Å²) in [5.41, 5.74) is 4.01. The number of pyridine rings is 2. The van der Waals surface area contributed by atoms with Crippen LogP contribution in [0.25, 0.3) is 22.3 Å². The minimum Gasteiger partial charge on any atom is -0.485 e. The molecule has 9 nitrogen and oxygen atoms in total. The first-order valence-electron chi connectivity index (χ1n) is 10.7. The number of ether oxygens (including phenoxy) is 1. The third-order valence-corrected chi connectivity index (χ3v) is 5.91. The van der Waals surface area contributed by atoms with Gasteiger partial charge < -0.3 is 15.0 Å². The Hall–Kier alpha value is -3.85. The minimum atomic E-state index is 0.197. The molecule has 0 bridgehead atoms. The number of nitrogens with zero attached hydrogens (tertiary/aromatic N) is 7. The molecule has 0 amide bonds. The molecule has 32 heavy (non-hydrogen) atoms. The van der Waals surface area contributed by atoms with E-state index in [1.165, 1.54) is 0 Å². The molecule has 0 unspecified atom stereocenters. The molecule has 9 heteroatoms. The van der Waals surface area contributed by atoms with Crippen LogP contribution < -0.4 is 10.1 Å². The molecule has 1 atom stereocenters. The van der Waals surface area contributed by atoms with Crippen LogP contribution in [0.4, 0.5) is 11.6 Å². The van der Waals surface area contributed by atoms with Gasteiger partial charge in [-0.15, -0.1) is 0 Å². The van der Waals surface area contributed by atoms with Crippen LogP contribution in [0.15, 0.2) is 61.1 Å². The molecule has 6 rings (SSSR count). The Morgan fingerprint density at radius 2 is 1.78 bits per heavy atom. The summed E-state index contributed by atoms with van der Waals surface area (Å²) >= 11 is 0. The molecular formula is C23H24N8O. The van der Waals surface area contributed by atoms with E-state index in [0.29, 0.717) is 0 Å². The summed E-state index contributed by atoms with van der Waals surface area (Å²) in [5.74, 6) is 2.31. The van der Waals surface area contributed by atoms with Gasteiger partial charge in [-0.05, 0) is 37.7 Å². The van der Waals surface area contributed by atoms with Gasteiger partial charge in [-0.1, -0.05) is 6.07 Å². The maximum absolute atomic E-state index is 6.31. The van der Waals surface area contributed by atoms with Crippen molar-refractivity contribution in [2.24, 2.45) is 7.05 Å². The Bertz CT molecular complexity index is 1380. The molecule has 1 N–H and O–H groups in total. The second-order valence-electron chi connectivity index (χ2n) is 8.31. The van der Waals surface area contributed by atoms with Crippen LogP contribution in [0.5, 0.6) is 5.75 Å². The van der Waals surface area contributed by atoms with Crippen LogP contribution >= 0.6 is 0 Å². The standard InChI is InChI=1S/C23H24N8O/c1-28-9-7-19(15-28)32-20-14-24-29(2)23(20)16-6-10-31-18(11-16)13-22(27-31)25-21-12-17-5-3-4-8-30(17)26-21/h3-6,8,10-14,19H,7,9,15H2,1-2H3,(H,25,26,27)/t19-/m0/s1. The van der Waals surface area contributed by atoms with Gasteiger partial charge in [0.05, 0.1) is 17.2 Å². The Balaban J connectivity index is 1.29. The molecule has 0 aromatic carbocycles. The highest BCUT2D eigenvalue weighted by atomic mass is 16.5. The maximum Gasteiger partial charge on any atom is 0.165 e. The molecule has 0 radical (unpaired) electrons. The van der Waals surface area contributed by atoms with E-state index in [-0.39, 0.29) is 6.10 Å². The number of likely N-dealkylation sites (N-methyl/N-ethyl adjacent to an activating group) is 1. The summed E-state index contributed by atoms with van der Waals surface area (Å²) < 4.78 is 11.9. The van der Waals surface area contributed by atoms with E-state index in [1.807, 2.05) is 75.7 Å². The van der Waals surface area contributed by atoms with E-state index in [4.69, 9.17) is 4.74 Å². The predicted molar refractivity (Wildman–Crippen MR) is 122 cm³/mol. The number of aromatic nitrogens is 6. The molecule has 1 aliphatic rings. The van der Waals surface area contributed by atoms with Gasteiger partial charge in [-0.2, -0.15) is 15.3 Å². The molecule has 1 aliphatic heterocycles. The summed E-state index contributed by atoms with van der Waals surface area (Å²) in [5, 5.41) is 16.9. The third-order valence-electron chi connectivity index (χ3n) is 5.91. The summed E-state index contributed by atoms with van der Waals surface area (Å²) in [6, 6.07) is 14.1. The van der Waals surface area contributed by atoms with E-state index >= 15 is 0 Å². The monoisotopic (exact) mass is 428 g/mol. The number of nitrogens with one attached hydrogen (secondary N) is 1. The number of rotatable bonds is 5. The van der Waals surface area contributed by atoms with E-state index < -0.39 is 0 Å². The SMILES string of the molecule is CN1CC[C@H](Oc2cnn(C)c2-c2ccn3nc(Nc4cc5ccccn5n4)cc3c2)C1. The Labute approximate surface area is 184 Å². The topological polar surface area (TPSA) is 76.9 Å². The van der Waals surface area contributed by atoms with E-state index in [0.717, 1.165) is 59.2 Å². The highest BCUT2D eigenvalue weighted by Gasteiger charge is 2.23. The lowest BCUT2D eigenvalue weighted by Crippen LogP contribution is -2.21. The van der Waals surface area contributed by atoms with Gasteiger partial charge >= 0.3 is 0 Å². The van der Waals surface area contributed by atoms with Gasteiger partial charge in [-0.25, -0.2) is 9.03 Å². The first-order valence-corrected chi connectivity index (χ1v) is 10.7. The molecule has 0 saturated carbocycles. The van der Waals surface area contributed by atoms with E-state index in [2.05, 4.69) is 38.6 Å². The zero-order chi connectivity index (χ0) is 21.7. The van der Waals surface area contributed by atoms with Crippen molar-refractivity contribution in [2.45, 2.75) is 12.5 Å². The van der Waals surface area contributed by atoms with Gasteiger partial charge in [0.1, 0.15) is 11.8 Å². The number of fused-ring (bicyclic) bond motifs is 2. The first-order chi connectivity index (χ1) is 15.6. The van der Waals surface area contributed by atoms with Gasteiger partial charge in [0, 0.05) is 50.2 Å². The average Bonchev–Trinajstić information content (AvgIpc) is 3.54. The van der Waals surface area contributed by atoms with Crippen molar-refractivity contribution in [2.75, 3.05) is 25.5 Å². The minimum absolute atomic E-state index is 0.197. The van der Waals surface area contributed by atoms with Crippen molar-refractivity contribution >= 4 is 22.7 Å². The summed E-state index contributed by atoms with van der Waals surface area (Å²) in [6.45, 7) is 2.00. The fourth-order valence-corrected chi connectivity index (χ4v) is 4.34. The lowest BCUT2D eigenvalue weighted by molar-refractivity contribution is 0.209. The second-order valence-corrected chi connectivity index (χ2v) is 8.31. The van der Waals surface area contributed by atoms with E-state index in [1.54, 1.807) is 0 Å². The summed E-state index contributed by atoms with van der Waals surface area (Å²) in [6.07, 6.45) is 6.92. The predicted octanol–water partition coefficient (Wildman–Crippen LogP) is 3.21. The maximum atomic E-state index is 6.31. The lowest BCUT2D eigenvalue weighted by Gasteiger charge is -2.14. The molecular weight excluding hydrogens is 404 g/mol. The van der Waals surface area contributed by atoms with Gasteiger partial charge in [0.15, 0.2) is 17.4 Å². The zero-order valence-corrected chi connectivity index (χ0v) is 18.0. The van der Waals surface area contributed by atoms with Crippen molar-refractivity contribution < 1.29 is 4.74 Å². The van der Waals surface area contributed by atoms with Crippen LogP contribution in [0.2, 0.25) is 0 Å². The number of anilines is 2. The molecule has 1 saturated heterocycles. The van der Waals surface area contributed by atoms with Crippen LogP contribution in [-0.4, -0.2) is 60.1 Å².